The minimum Gasteiger partial charge on any atom is -0.497 e. The van der Waals surface area contributed by atoms with Gasteiger partial charge in [0.25, 0.3) is 0 Å². The van der Waals surface area contributed by atoms with E-state index >= 15 is 0 Å². The van der Waals surface area contributed by atoms with E-state index in [9.17, 15) is 13.2 Å². The largest absolute Gasteiger partial charge is 0.497 e. The van der Waals surface area contributed by atoms with Crippen molar-refractivity contribution in [3.8, 4) is 5.75 Å². The monoisotopic (exact) mass is 389 g/mol. The fourth-order valence-corrected chi connectivity index (χ4v) is 6.14. The number of benzene rings is 2. The van der Waals surface area contributed by atoms with Crippen molar-refractivity contribution in [2.45, 2.75) is 23.0 Å². The summed E-state index contributed by atoms with van der Waals surface area (Å²) >= 11 is 0. The third kappa shape index (κ3) is 3.11. The number of sulfone groups is 1. The molecular formula is C20H23NO5S. The molecule has 144 valence electrons. The Morgan fingerprint density at radius 2 is 1.74 bits per heavy atom. The van der Waals surface area contributed by atoms with Gasteiger partial charge in [0.2, 0.25) is 0 Å². The summed E-state index contributed by atoms with van der Waals surface area (Å²) in [5.74, 6) is -0.494. The van der Waals surface area contributed by atoms with Gasteiger partial charge in [-0.3, -0.25) is 4.79 Å². The Kier molecular flexibility index (Phi) is 5.26. The molecule has 1 aliphatic carbocycles. The minimum atomic E-state index is -3.77. The van der Waals surface area contributed by atoms with E-state index in [4.69, 9.17) is 15.2 Å². The second-order valence-corrected chi connectivity index (χ2v) is 8.56. The molecular weight excluding hydrogens is 366 g/mol. The quantitative estimate of drug-likeness (QED) is 0.729. The third-order valence-electron chi connectivity index (χ3n) is 5.13. The van der Waals surface area contributed by atoms with Crippen molar-refractivity contribution < 1.29 is 22.7 Å². The van der Waals surface area contributed by atoms with Crippen LogP contribution in [0.1, 0.15) is 18.4 Å². The molecule has 3 unspecified atom stereocenters. The van der Waals surface area contributed by atoms with Crippen molar-refractivity contribution in [2.24, 2.45) is 11.1 Å². The fraction of sp³-hybridized carbons (Fsp3) is 0.350. The molecule has 1 saturated carbocycles. The van der Waals surface area contributed by atoms with Gasteiger partial charge in [0, 0.05) is 12.5 Å². The van der Waals surface area contributed by atoms with Crippen molar-refractivity contribution in [3.05, 3.63) is 60.2 Å². The van der Waals surface area contributed by atoms with Crippen LogP contribution in [0.25, 0.3) is 0 Å². The summed E-state index contributed by atoms with van der Waals surface area (Å²) < 4.78 is 37.0. The van der Waals surface area contributed by atoms with Crippen LogP contribution < -0.4 is 10.5 Å². The Morgan fingerprint density at radius 1 is 1.11 bits per heavy atom. The second kappa shape index (κ2) is 7.32. The van der Waals surface area contributed by atoms with E-state index in [0.717, 1.165) is 5.56 Å². The molecule has 0 amide bonds. The third-order valence-corrected chi connectivity index (χ3v) is 7.42. The maximum Gasteiger partial charge on any atom is 0.315 e. The average Bonchev–Trinajstić information content (AvgIpc) is 3.40. The fourth-order valence-electron chi connectivity index (χ4n) is 3.74. The number of rotatable bonds is 7. The van der Waals surface area contributed by atoms with Crippen molar-refractivity contribution in [1.82, 2.24) is 0 Å². The maximum absolute atomic E-state index is 13.3. The first-order valence-electron chi connectivity index (χ1n) is 8.73. The van der Waals surface area contributed by atoms with Crippen LogP contribution in [-0.4, -0.2) is 39.9 Å². The molecule has 3 rings (SSSR count). The lowest BCUT2D eigenvalue weighted by Crippen LogP contribution is -2.33. The minimum absolute atomic E-state index is 0.112. The van der Waals surface area contributed by atoms with E-state index in [1.807, 2.05) is 0 Å². The second-order valence-electron chi connectivity index (χ2n) is 6.49. The Labute approximate surface area is 159 Å². The molecule has 3 atom stereocenters. The number of hydrogen-bond acceptors (Lipinski definition) is 6. The highest BCUT2D eigenvalue weighted by Crippen LogP contribution is 2.64. The molecule has 27 heavy (non-hydrogen) atoms. The van der Waals surface area contributed by atoms with Crippen molar-refractivity contribution >= 4 is 15.8 Å². The molecule has 0 bridgehead atoms. The highest BCUT2D eigenvalue weighted by Gasteiger charge is 2.75. The molecule has 0 heterocycles. The Morgan fingerprint density at radius 3 is 2.26 bits per heavy atom. The van der Waals surface area contributed by atoms with Gasteiger partial charge >= 0.3 is 5.97 Å². The summed E-state index contributed by atoms with van der Waals surface area (Å²) in [4.78, 5) is 12.9. The smallest absolute Gasteiger partial charge is 0.315 e. The van der Waals surface area contributed by atoms with Gasteiger partial charge in [-0.25, -0.2) is 8.42 Å². The maximum atomic E-state index is 13.3. The van der Waals surface area contributed by atoms with Crippen molar-refractivity contribution in [2.75, 3.05) is 20.3 Å². The first-order chi connectivity index (χ1) is 12.9. The average molecular weight is 389 g/mol. The van der Waals surface area contributed by atoms with Crippen LogP contribution in [-0.2, 0) is 19.4 Å². The Hall–Kier alpha value is -2.38. The van der Waals surface area contributed by atoms with Gasteiger partial charge < -0.3 is 15.2 Å². The van der Waals surface area contributed by atoms with Gasteiger partial charge in [-0.15, -0.1) is 0 Å². The van der Waals surface area contributed by atoms with Crippen LogP contribution in [0, 0.1) is 5.41 Å². The van der Waals surface area contributed by atoms with Crippen LogP contribution in [0.4, 0.5) is 0 Å². The van der Waals surface area contributed by atoms with E-state index in [1.165, 1.54) is 12.1 Å². The summed E-state index contributed by atoms with van der Waals surface area (Å²) in [6, 6.07) is 15.2. The normalized spacial score (nSPS) is 24.3. The van der Waals surface area contributed by atoms with E-state index < -0.39 is 32.4 Å². The number of methoxy groups -OCH3 is 1. The van der Waals surface area contributed by atoms with Gasteiger partial charge in [0.05, 0.1) is 23.9 Å². The van der Waals surface area contributed by atoms with Gasteiger partial charge in [-0.05, 0) is 36.8 Å². The zero-order valence-electron chi connectivity index (χ0n) is 15.3. The highest BCUT2D eigenvalue weighted by atomic mass is 32.2. The molecule has 7 heteroatoms. The van der Waals surface area contributed by atoms with Crippen LogP contribution >= 0.6 is 0 Å². The number of hydrogen-bond donors (Lipinski definition) is 1. The first kappa shape index (κ1) is 19.4. The molecule has 0 aliphatic heterocycles. The predicted molar refractivity (Wildman–Crippen MR) is 101 cm³/mol. The number of ether oxygens (including phenoxy) is 2. The van der Waals surface area contributed by atoms with E-state index in [-0.39, 0.29) is 18.0 Å². The van der Waals surface area contributed by atoms with E-state index in [1.54, 1.807) is 56.5 Å². The molecule has 0 spiro atoms. The lowest BCUT2D eigenvalue weighted by atomic mass is 9.99. The number of nitrogens with two attached hydrogens (primary N) is 1. The lowest BCUT2D eigenvalue weighted by Gasteiger charge is -2.14. The van der Waals surface area contributed by atoms with Gasteiger partial charge in [0.15, 0.2) is 9.84 Å². The lowest BCUT2D eigenvalue weighted by molar-refractivity contribution is -0.149. The van der Waals surface area contributed by atoms with Gasteiger partial charge in [-0.1, -0.05) is 30.3 Å². The van der Waals surface area contributed by atoms with Gasteiger partial charge in [-0.2, -0.15) is 0 Å². The van der Waals surface area contributed by atoms with Gasteiger partial charge in [0.1, 0.15) is 11.2 Å². The summed E-state index contributed by atoms with van der Waals surface area (Å²) in [7, 11) is -2.22. The summed E-state index contributed by atoms with van der Waals surface area (Å²) in [5.41, 5.74) is 5.39. The van der Waals surface area contributed by atoms with E-state index in [2.05, 4.69) is 0 Å². The molecule has 2 aromatic rings. The predicted octanol–water partition coefficient (Wildman–Crippen LogP) is 2.14. The topological polar surface area (TPSA) is 95.7 Å². The summed E-state index contributed by atoms with van der Waals surface area (Å²) in [6.07, 6.45) is 0. The molecule has 2 N–H and O–H groups in total. The zero-order chi connectivity index (χ0) is 19.7. The molecule has 0 aromatic heterocycles. The number of esters is 1. The first-order valence-corrected chi connectivity index (χ1v) is 10.3. The standard InChI is InChI=1S/C20H23NO5S/c1-3-26-19(22)20(13-21)17(14-9-11-15(25-2)12-10-14)18(20)27(23,24)16-7-5-4-6-8-16/h4-12,17-18H,3,13,21H2,1-2H3. The molecule has 0 radical (unpaired) electrons. The van der Waals surface area contributed by atoms with Crippen LogP contribution in [0.5, 0.6) is 5.75 Å². The van der Waals surface area contributed by atoms with Crippen LogP contribution in [0.2, 0.25) is 0 Å². The Bertz CT molecular complexity index is 911. The summed E-state index contributed by atoms with van der Waals surface area (Å²) in [6.45, 7) is 1.74. The molecule has 6 nitrogen and oxygen atoms in total. The zero-order valence-corrected chi connectivity index (χ0v) is 16.1. The number of carbonyl (C=O) groups is 1. The SMILES string of the molecule is CCOC(=O)C1(CN)C(c2ccc(OC)cc2)C1S(=O)(=O)c1ccccc1. The highest BCUT2D eigenvalue weighted by molar-refractivity contribution is 7.92. The van der Waals surface area contributed by atoms with Crippen molar-refractivity contribution in [1.29, 1.82) is 0 Å². The molecule has 2 aromatic carbocycles. The van der Waals surface area contributed by atoms with Crippen LogP contribution in [0.15, 0.2) is 59.5 Å². The molecule has 1 aliphatic rings. The number of carbonyl (C=O) groups excluding carboxylic acids is 1. The van der Waals surface area contributed by atoms with E-state index in [0.29, 0.717) is 5.75 Å². The van der Waals surface area contributed by atoms with Crippen molar-refractivity contribution in [3.63, 3.8) is 0 Å². The molecule has 1 fully saturated rings. The molecule has 0 saturated heterocycles. The Balaban J connectivity index is 2.09. The van der Waals surface area contributed by atoms with Crippen LogP contribution in [0.3, 0.4) is 0 Å². The summed E-state index contributed by atoms with van der Waals surface area (Å²) in [5, 5.41) is -0.968.